The molecule has 1 aliphatic rings. The highest BCUT2D eigenvalue weighted by Gasteiger charge is 2.26. The van der Waals surface area contributed by atoms with Gasteiger partial charge in [-0.1, -0.05) is 6.07 Å². The zero-order valence-corrected chi connectivity index (χ0v) is 10.2. The minimum absolute atomic E-state index is 0.194. The van der Waals surface area contributed by atoms with Gasteiger partial charge in [-0.3, -0.25) is 4.79 Å². The molecule has 0 atom stereocenters. The monoisotopic (exact) mass is 247 g/mol. The molecule has 1 N–H and O–H groups in total. The molecule has 1 aromatic heterocycles. The quantitative estimate of drug-likeness (QED) is 0.902. The van der Waals surface area contributed by atoms with Gasteiger partial charge in [0.1, 0.15) is 0 Å². The van der Waals surface area contributed by atoms with Crippen LogP contribution >= 0.6 is 11.3 Å². The van der Waals surface area contributed by atoms with Crippen LogP contribution in [-0.2, 0) is 11.2 Å². The molecule has 0 spiro atoms. The molecule has 88 valence electrons. The maximum atomic E-state index is 10.5. The Morgan fingerprint density at radius 3 is 3.00 bits per heavy atom. The summed E-state index contributed by atoms with van der Waals surface area (Å²) in [5.41, 5.74) is 2.14. The molecule has 0 radical (unpaired) electrons. The van der Waals surface area contributed by atoms with Crippen LogP contribution in [0.2, 0.25) is 0 Å². The number of carboxylic acids is 1. The van der Waals surface area contributed by atoms with Crippen LogP contribution < -0.4 is 0 Å². The Hall–Kier alpha value is -1.42. The van der Waals surface area contributed by atoms with Gasteiger partial charge in [-0.15, -0.1) is 11.3 Å². The molecule has 3 nitrogen and oxygen atoms in total. The van der Waals surface area contributed by atoms with Crippen molar-refractivity contribution >= 4 is 27.5 Å². The lowest BCUT2D eigenvalue weighted by atomic mass is 10.1. The zero-order valence-electron chi connectivity index (χ0n) is 9.35. The van der Waals surface area contributed by atoms with E-state index in [4.69, 9.17) is 5.11 Å². The summed E-state index contributed by atoms with van der Waals surface area (Å²) in [6.45, 7) is 0. The Kier molecular flexibility index (Phi) is 2.59. The van der Waals surface area contributed by atoms with Crippen LogP contribution in [0.25, 0.3) is 10.2 Å². The number of thiazole rings is 1. The SMILES string of the molecule is O=C(O)CCc1ccc2nc(C3CC3)sc2c1. The second-order valence-corrected chi connectivity index (χ2v) is 5.58. The van der Waals surface area contributed by atoms with Gasteiger partial charge in [-0.2, -0.15) is 0 Å². The van der Waals surface area contributed by atoms with Gasteiger partial charge in [0.15, 0.2) is 0 Å². The predicted octanol–water partition coefficient (Wildman–Crippen LogP) is 3.19. The first kappa shape index (κ1) is 10.7. The first-order valence-electron chi connectivity index (χ1n) is 5.83. The summed E-state index contributed by atoms with van der Waals surface area (Å²) in [6, 6.07) is 6.08. The van der Waals surface area contributed by atoms with E-state index in [2.05, 4.69) is 11.1 Å². The molecule has 0 unspecified atom stereocenters. The molecule has 0 bridgehead atoms. The van der Waals surface area contributed by atoms with E-state index in [-0.39, 0.29) is 6.42 Å². The van der Waals surface area contributed by atoms with Crippen molar-refractivity contribution in [3.8, 4) is 0 Å². The van der Waals surface area contributed by atoms with Gasteiger partial charge >= 0.3 is 5.97 Å². The molecule has 4 heteroatoms. The molecule has 3 rings (SSSR count). The van der Waals surface area contributed by atoms with E-state index in [1.54, 1.807) is 11.3 Å². The fraction of sp³-hybridized carbons (Fsp3) is 0.385. The number of hydrogen-bond acceptors (Lipinski definition) is 3. The highest BCUT2D eigenvalue weighted by molar-refractivity contribution is 7.18. The molecule has 17 heavy (non-hydrogen) atoms. The van der Waals surface area contributed by atoms with Crippen molar-refractivity contribution in [2.24, 2.45) is 0 Å². The first-order valence-corrected chi connectivity index (χ1v) is 6.65. The van der Waals surface area contributed by atoms with Crippen molar-refractivity contribution in [3.05, 3.63) is 28.8 Å². The lowest BCUT2D eigenvalue weighted by Crippen LogP contribution is -1.96. The van der Waals surface area contributed by atoms with E-state index in [1.807, 2.05) is 12.1 Å². The topological polar surface area (TPSA) is 50.2 Å². The number of aliphatic carboxylic acids is 1. The van der Waals surface area contributed by atoms with Crippen LogP contribution in [0.5, 0.6) is 0 Å². The van der Waals surface area contributed by atoms with Crippen LogP contribution in [-0.4, -0.2) is 16.1 Å². The molecule has 2 aromatic rings. The molecular weight excluding hydrogens is 234 g/mol. The Labute approximate surface area is 103 Å². The second-order valence-electron chi connectivity index (χ2n) is 4.52. The van der Waals surface area contributed by atoms with Gasteiger partial charge < -0.3 is 5.11 Å². The Morgan fingerprint density at radius 2 is 2.29 bits per heavy atom. The summed E-state index contributed by atoms with van der Waals surface area (Å²) in [7, 11) is 0. The van der Waals surface area contributed by atoms with Gasteiger partial charge in [0.05, 0.1) is 15.2 Å². The van der Waals surface area contributed by atoms with Crippen LogP contribution in [0.3, 0.4) is 0 Å². The second kappa shape index (κ2) is 4.11. The van der Waals surface area contributed by atoms with Crippen molar-refractivity contribution < 1.29 is 9.90 Å². The molecule has 0 aliphatic heterocycles. The standard InChI is InChI=1S/C13H13NO2S/c15-12(16)6-2-8-1-5-10-11(7-8)17-13(14-10)9-3-4-9/h1,5,7,9H,2-4,6H2,(H,15,16). The summed E-state index contributed by atoms with van der Waals surface area (Å²) in [4.78, 5) is 15.1. The van der Waals surface area contributed by atoms with Crippen LogP contribution in [0.15, 0.2) is 18.2 Å². The number of benzene rings is 1. The van der Waals surface area contributed by atoms with E-state index in [0.29, 0.717) is 12.3 Å². The highest BCUT2D eigenvalue weighted by atomic mass is 32.1. The smallest absolute Gasteiger partial charge is 0.303 e. The number of rotatable bonds is 4. The third kappa shape index (κ3) is 2.31. The lowest BCUT2D eigenvalue weighted by Gasteiger charge is -1.97. The molecule has 0 amide bonds. The first-order chi connectivity index (χ1) is 8.22. The average molecular weight is 247 g/mol. The molecule has 1 saturated carbocycles. The van der Waals surface area contributed by atoms with Gasteiger partial charge in [-0.05, 0) is 37.0 Å². The molecule has 0 saturated heterocycles. The largest absolute Gasteiger partial charge is 0.481 e. The number of nitrogens with zero attached hydrogens (tertiary/aromatic N) is 1. The van der Waals surface area contributed by atoms with Gasteiger partial charge in [0.2, 0.25) is 0 Å². The van der Waals surface area contributed by atoms with Gasteiger partial charge in [-0.25, -0.2) is 4.98 Å². The molecule has 1 heterocycles. The van der Waals surface area contributed by atoms with Crippen molar-refractivity contribution in [2.45, 2.75) is 31.6 Å². The minimum atomic E-state index is -0.743. The summed E-state index contributed by atoms with van der Waals surface area (Å²) in [5.74, 6) is -0.0528. The molecule has 1 aliphatic carbocycles. The molecule has 1 aromatic carbocycles. The van der Waals surface area contributed by atoms with Crippen molar-refractivity contribution in [1.29, 1.82) is 0 Å². The average Bonchev–Trinajstić information content (AvgIpc) is 3.06. The maximum Gasteiger partial charge on any atom is 0.303 e. The number of aryl methyl sites for hydroxylation is 1. The Bertz CT molecular complexity index is 572. The van der Waals surface area contributed by atoms with Crippen molar-refractivity contribution in [2.75, 3.05) is 0 Å². The normalized spacial score (nSPS) is 15.3. The summed E-state index contributed by atoms with van der Waals surface area (Å²) in [5, 5.41) is 9.91. The summed E-state index contributed by atoms with van der Waals surface area (Å²) < 4.78 is 1.19. The van der Waals surface area contributed by atoms with E-state index in [9.17, 15) is 4.79 Å². The Balaban J connectivity index is 1.86. The fourth-order valence-electron chi connectivity index (χ4n) is 1.90. The van der Waals surface area contributed by atoms with Crippen LogP contribution in [0, 0.1) is 0 Å². The number of aromatic nitrogens is 1. The number of carboxylic acid groups (broad SMARTS) is 1. The minimum Gasteiger partial charge on any atom is -0.481 e. The van der Waals surface area contributed by atoms with Crippen molar-refractivity contribution in [1.82, 2.24) is 4.98 Å². The summed E-state index contributed by atoms with van der Waals surface area (Å²) >= 11 is 1.76. The van der Waals surface area contributed by atoms with E-state index < -0.39 is 5.97 Å². The lowest BCUT2D eigenvalue weighted by molar-refractivity contribution is -0.136. The third-order valence-corrected chi connectivity index (χ3v) is 4.20. The maximum absolute atomic E-state index is 10.5. The number of fused-ring (bicyclic) bond motifs is 1. The van der Waals surface area contributed by atoms with Crippen molar-refractivity contribution in [3.63, 3.8) is 0 Å². The molecule has 1 fully saturated rings. The van der Waals surface area contributed by atoms with Gasteiger partial charge in [0.25, 0.3) is 0 Å². The van der Waals surface area contributed by atoms with E-state index in [0.717, 1.165) is 11.1 Å². The molecular formula is C13H13NO2S. The zero-order chi connectivity index (χ0) is 11.8. The summed E-state index contributed by atoms with van der Waals surface area (Å²) in [6.07, 6.45) is 3.33. The fourth-order valence-corrected chi connectivity index (χ4v) is 3.10. The van der Waals surface area contributed by atoms with E-state index in [1.165, 1.54) is 22.5 Å². The predicted molar refractivity (Wildman–Crippen MR) is 67.6 cm³/mol. The third-order valence-electron chi connectivity index (χ3n) is 3.02. The number of hydrogen-bond donors (Lipinski definition) is 1. The van der Waals surface area contributed by atoms with Crippen LogP contribution in [0.1, 0.15) is 35.8 Å². The highest BCUT2D eigenvalue weighted by Crippen LogP contribution is 2.43. The number of carbonyl (C=O) groups is 1. The Morgan fingerprint density at radius 1 is 1.47 bits per heavy atom. The van der Waals surface area contributed by atoms with E-state index >= 15 is 0 Å². The van der Waals surface area contributed by atoms with Gasteiger partial charge in [0, 0.05) is 12.3 Å². The van der Waals surface area contributed by atoms with Crippen LogP contribution in [0.4, 0.5) is 0 Å².